The van der Waals surface area contributed by atoms with E-state index in [1.165, 1.54) is 6.42 Å². The molecule has 0 amide bonds. The molecule has 0 aromatic rings. The Balaban J connectivity index is 2.20. The molecule has 2 rings (SSSR count). The van der Waals surface area contributed by atoms with Crippen LogP contribution in [0.5, 0.6) is 0 Å². The monoisotopic (exact) mass is 166 g/mol. The summed E-state index contributed by atoms with van der Waals surface area (Å²) < 4.78 is 0. The van der Waals surface area contributed by atoms with E-state index in [1.54, 1.807) is 6.08 Å². The van der Waals surface area contributed by atoms with E-state index in [1.807, 2.05) is 6.08 Å². The van der Waals surface area contributed by atoms with Gasteiger partial charge in [0.15, 0.2) is 5.78 Å². The predicted octanol–water partition coefficient (Wildman–Crippen LogP) is 1.44. The van der Waals surface area contributed by atoms with Crippen molar-refractivity contribution in [3.05, 3.63) is 12.2 Å². The molecule has 1 atom stereocenters. The van der Waals surface area contributed by atoms with Crippen LogP contribution >= 0.6 is 0 Å². The Bertz CT molecular complexity index is 224. The first-order chi connectivity index (χ1) is 5.75. The molecule has 2 aliphatic rings. The minimum absolute atomic E-state index is 0.100. The highest BCUT2D eigenvalue weighted by atomic mass is 16.3. The summed E-state index contributed by atoms with van der Waals surface area (Å²) in [6.07, 6.45) is 8.25. The van der Waals surface area contributed by atoms with Crippen molar-refractivity contribution in [2.45, 2.75) is 38.2 Å². The number of hydrogen-bond donors (Lipinski definition) is 1. The number of carbonyl (C=O) groups excluding carboxylic acids is 1. The van der Waals surface area contributed by atoms with Gasteiger partial charge in [0.1, 0.15) is 6.10 Å². The number of aliphatic hydroxyl groups excluding tert-OH is 1. The van der Waals surface area contributed by atoms with Gasteiger partial charge in [-0.15, -0.1) is 0 Å². The molecular formula is C10H14O2. The van der Waals surface area contributed by atoms with Gasteiger partial charge >= 0.3 is 0 Å². The largest absolute Gasteiger partial charge is 0.384 e. The van der Waals surface area contributed by atoms with Crippen molar-refractivity contribution < 1.29 is 9.90 Å². The van der Waals surface area contributed by atoms with Gasteiger partial charge in [-0.2, -0.15) is 0 Å². The fourth-order valence-corrected chi connectivity index (χ4v) is 2.36. The molecule has 0 aromatic carbocycles. The SMILES string of the molecule is O=C1C=CC2(CCCCC2)C1O. The molecule has 1 unspecified atom stereocenters. The number of carbonyl (C=O) groups is 1. The van der Waals surface area contributed by atoms with Crippen molar-refractivity contribution in [2.24, 2.45) is 5.41 Å². The van der Waals surface area contributed by atoms with E-state index in [0.29, 0.717) is 0 Å². The minimum atomic E-state index is -0.738. The van der Waals surface area contributed by atoms with Crippen LogP contribution in [0.15, 0.2) is 12.2 Å². The van der Waals surface area contributed by atoms with Crippen molar-refractivity contribution in [1.29, 1.82) is 0 Å². The van der Waals surface area contributed by atoms with Crippen LogP contribution < -0.4 is 0 Å². The van der Waals surface area contributed by atoms with E-state index in [4.69, 9.17) is 0 Å². The summed E-state index contributed by atoms with van der Waals surface area (Å²) in [5, 5.41) is 9.66. The van der Waals surface area contributed by atoms with Crippen LogP contribution in [0.25, 0.3) is 0 Å². The standard InChI is InChI=1S/C10H14O2/c11-8-4-7-10(9(8)12)5-2-1-3-6-10/h4,7,9,12H,1-3,5-6H2. The summed E-state index contributed by atoms with van der Waals surface area (Å²) in [6, 6.07) is 0. The molecule has 2 heteroatoms. The average molecular weight is 166 g/mol. The van der Waals surface area contributed by atoms with Crippen LogP contribution in [0, 0.1) is 5.41 Å². The van der Waals surface area contributed by atoms with Crippen LogP contribution in [-0.4, -0.2) is 17.0 Å². The van der Waals surface area contributed by atoms with Crippen LogP contribution in [0.2, 0.25) is 0 Å². The fourth-order valence-electron chi connectivity index (χ4n) is 2.36. The molecule has 12 heavy (non-hydrogen) atoms. The van der Waals surface area contributed by atoms with Crippen molar-refractivity contribution in [3.8, 4) is 0 Å². The number of hydrogen-bond acceptors (Lipinski definition) is 2. The van der Waals surface area contributed by atoms with Crippen LogP contribution in [0.1, 0.15) is 32.1 Å². The molecule has 1 spiro atoms. The van der Waals surface area contributed by atoms with Crippen molar-refractivity contribution in [1.82, 2.24) is 0 Å². The highest BCUT2D eigenvalue weighted by Gasteiger charge is 2.43. The lowest BCUT2D eigenvalue weighted by atomic mass is 9.72. The fraction of sp³-hybridized carbons (Fsp3) is 0.700. The van der Waals surface area contributed by atoms with E-state index in [0.717, 1.165) is 25.7 Å². The van der Waals surface area contributed by atoms with Crippen molar-refractivity contribution >= 4 is 5.78 Å². The zero-order valence-corrected chi connectivity index (χ0v) is 7.12. The number of aliphatic hydroxyl groups is 1. The Kier molecular flexibility index (Phi) is 1.80. The Morgan fingerprint density at radius 2 is 2.00 bits per heavy atom. The van der Waals surface area contributed by atoms with Crippen LogP contribution in [-0.2, 0) is 4.79 Å². The Hall–Kier alpha value is -0.630. The average Bonchev–Trinajstić information content (AvgIpc) is 2.37. The van der Waals surface area contributed by atoms with Gasteiger partial charge in [-0.05, 0) is 18.9 Å². The van der Waals surface area contributed by atoms with Gasteiger partial charge < -0.3 is 5.11 Å². The molecule has 1 fully saturated rings. The van der Waals surface area contributed by atoms with Gasteiger partial charge in [0, 0.05) is 5.41 Å². The maximum atomic E-state index is 11.1. The summed E-state index contributed by atoms with van der Waals surface area (Å²) in [6.45, 7) is 0. The quantitative estimate of drug-likeness (QED) is 0.591. The molecule has 0 aromatic heterocycles. The summed E-state index contributed by atoms with van der Waals surface area (Å²) >= 11 is 0. The lowest BCUT2D eigenvalue weighted by Gasteiger charge is -2.34. The van der Waals surface area contributed by atoms with Gasteiger partial charge in [0.05, 0.1) is 0 Å². The van der Waals surface area contributed by atoms with Gasteiger partial charge in [-0.3, -0.25) is 4.79 Å². The number of rotatable bonds is 0. The topological polar surface area (TPSA) is 37.3 Å². The van der Waals surface area contributed by atoms with E-state index >= 15 is 0 Å². The first-order valence-electron chi connectivity index (χ1n) is 4.66. The molecular weight excluding hydrogens is 152 g/mol. The van der Waals surface area contributed by atoms with E-state index in [-0.39, 0.29) is 11.2 Å². The predicted molar refractivity (Wildman–Crippen MR) is 45.7 cm³/mol. The Morgan fingerprint density at radius 3 is 2.50 bits per heavy atom. The zero-order chi connectivity index (χ0) is 8.60. The third-order valence-corrected chi connectivity index (χ3v) is 3.18. The van der Waals surface area contributed by atoms with E-state index in [9.17, 15) is 9.90 Å². The first kappa shape index (κ1) is 7.99. The zero-order valence-electron chi connectivity index (χ0n) is 7.12. The van der Waals surface area contributed by atoms with Gasteiger partial charge in [0.25, 0.3) is 0 Å². The molecule has 1 saturated carbocycles. The molecule has 0 bridgehead atoms. The summed E-state index contributed by atoms with van der Waals surface area (Å²) in [4.78, 5) is 11.1. The summed E-state index contributed by atoms with van der Waals surface area (Å²) in [5.74, 6) is -0.100. The summed E-state index contributed by atoms with van der Waals surface area (Å²) in [5.41, 5.74) is -0.171. The minimum Gasteiger partial charge on any atom is -0.384 e. The maximum Gasteiger partial charge on any atom is 0.184 e. The summed E-state index contributed by atoms with van der Waals surface area (Å²) in [7, 11) is 0. The second-order valence-electron chi connectivity index (χ2n) is 3.93. The second kappa shape index (κ2) is 2.70. The molecule has 0 saturated heterocycles. The number of ketones is 1. The van der Waals surface area contributed by atoms with E-state index in [2.05, 4.69) is 0 Å². The van der Waals surface area contributed by atoms with Gasteiger partial charge in [-0.1, -0.05) is 25.3 Å². The van der Waals surface area contributed by atoms with Crippen molar-refractivity contribution in [2.75, 3.05) is 0 Å². The third-order valence-electron chi connectivity index (χ3n) is 3.18. The lowest BCUT2D eigenvalue weighted by Crippen LogP contribution is -2.36. The van der Waals surface area contributed by atoms with Crippen molar-refractivity contribution in [3.63, 3.8) is 0 Å². The normalized spacial score (nSPS) is 33.1. The molecule has 1 N–H and O–H groups in total. The second-order valence-corrected chi connectivity index (χ2v) is 3.93. The highest BCUT2D eigenvalue weighted by molar-refractivity contribution is 5.97. The molecule has 2 aliphatic carbocycles. The van der Waals surface area contributed by atoms with Crippen LogP contribution in [0.4, 0.5) is 0 Å². The molecule has 0 radical (unpaired) electrons. The van der Waals surface area contributed by atoms with Gasteiger partial charge in [0.2, 0.25) is 0 Å². The first-order valence-corrected chi connectivity index (χ1v) is 4.66. The van der Waals surface area contributed by atoms with E-state index < -0.39 is 6.10 Å². The Morgan fingerprint density at radius 1 is 1.33 bits per heavy atom. The molecule has 0 heterocycles. The maximum absolute atomic E-state index is 11.1. The Labute approximate surface area is 72.3 Å². The third kappa shape index (κ3) is 1.02. The smallest absolute Gasteiger partial charge is 0.184 e. The molecule has 2 nitrogen and oxygen atoms in total. The molecule has 0 aliphatic heterocycles. The van der Waals surface area contributed by atoms with Crippen LogP contribution in [0.3, 0.4) is 0 Å². The molecule has 66 valence electrons. The highest BCUT2D eigenvalue weighted by Crippen LogP contribution is 2.43. The lowest BCUT2D eigenvalue weighted by molar-refractivity contribution is -0.126. The van der Waals surface area contributed by atoms with Gasteiger partial charge in [-0.25, -0.2) is 0 Å².